The number of benzene rings is 1. The molecule has 14 heavy (non-hydrogen) atoms. The first kappa shape index (κ1) is 8.81. The highest BCUT2D eigenvalue weighted by molar-refractivity contribution is 5.70. The Labute approximate surface area is 82.3 Å². The fraction of sp³-hybridized carbons (Fsp3) is 0.182. The second-order valence-electron chi connectivity index (χ2n) is 3.38. The standard InChI is InChI=1S/C11H11NO2/c1-12-5-4-8-6-9(14)2-3-10(8)11(12)7-13/h2-7,11,14H,1H3. The van der Waals surface area contributed by atoms with Gasteiger partial charge in [0, 0.05) is 13.2 Å². The average molecular weight is 189 g/mol. The van der Waals surface area contributed by atoms with Gasteiger partial charge in [-0.05, 0) is 29.3 Å². The third-order valence-corrected chi connectivity index (χ3v) is 2.45. The number of likely N-dealkylation sites (N-methyl/N-ethyl adjacent to an activating group) is 1. The first-order valence-corrected chi connectivity index (χ1v) is 4.40. The molecule has 2 rings (SSSR count). The number of carbonyl (C=O) groups is 1. The molecule has 0 aromatic heterocycles. The lowest BCUT2D eigenvalue weighted by Crippen LogP contribution is -2.23. The topological polar surface area (TPSA) is 40.5 Å². The summed E-state index contributed by atoms with van der Waals surface area (Å²) < 4.78 is 0. The maximum absolute atomic E-state index is 10.9. The molecule has 0 saturated heterocycles. The van der Waals surface area contributed by atoms with Crippen molar-refractivity contribution >= 4 is 12.4 Å². The fourth-order valence-corrected chi connectivity index (χ4v) is 1.66. The molecule has 0 spiro atoms. The van der Waals surface area contributed by atoms with Crippen molar-refractivity contribution in [3.05, 3.63) is 35.5 Å². The Balaban J connectivity index is 2.54. The van der Waals surface area contributed by atoms with E-state index >= 15 is 0 Å². The van der Waals surface area contributed by atoms with E-state index in [-0.39, 0.29) is 11.8 Å². The minimum Gasteiger partial charge on any atom is -0.508 e. The van der Waals surface area contributed by atoms with Crippen LogP contribution in [0.25, 0.3) is 6.08 Å². The third-order valence-electron chi connectivity index (χ3n) is 2.45. The van der Waals surface area contributed by atoms with Gasteiger partial charge in [-0.15, -0.1) is 0 Å². The molecule has 0 aliphatic carbocycles. The Morgan fingerprint density at radius 3 is 3.00 bits per heavy atom. The Bertz CT molecular complexity index is 398. The molecular weight excluding hydrogens is 178 g/mol. The number of aldehydes is 1. The summed E-state index contributed by atoms with van der Waals surface area (Å²) in [6.45, 7) is 0. The molecule has 1 aliphatic rings. The van der Waals surface area contributed by atoms with Gasteiger partial charge >= 0.3 is 0 Å². The molecule has 1 unspecified atom stereocenters. The molecule has 0 saturated carbocycles. The van der Waals surface area contributed by atoms with Gasteiger partial charge in [0.25, 0.3) is 0 Å². The normalized spacial score (nSPS) is 19.2. The highest BCUT2D eigenvalue weighted by atomic mass is 16.3. The summed E-state index contributed by atoms with van der Waals surface area (Å²) in [7, 11) is 1.85. The highest BCUT2D eigenvalue weighted by Gasteiger charge is 2.19. The molecule has 72 valence electrons. The van der Waals surface area contributed by atoms with E-state index < -0.39 is 0 Å². The van der Waals surface area contributed by atoms with Crippen LogP contribution in [0.4, 0.5) is 0 Å². The van der Waals surface area contributed by atoms with Crippen molar-refractivity contribution in [2.24, 2.45) is 0 Å². The predicted molar refractivity (Wildman–Crippen MR) is 53.7 cm³/mol. The van der Waals surface area contributed by atoms with Crippen molar-refractivity contribution in [1.82, 2.24) is 4.90 Å². The first-order valence-electron chi connectivity index (χ1n) is 4.40. The van der Waals surface area contributed by atoms with Gasteiger partial charge in [0.15, 0.2) is 0 Å². The zero-order valence-corrected chi connectivity index (χ0v) is 7.84. The van der Waals surface area contributed by atoms with Gasteiger partial charge in [0.05, 0.1) is 0 Å². The van der Waals surface area contributed by atoms with E-state index in [9.17, 15) is 9.90 Å². The van der Waals surface area contributed by atoms with Gasteiger partial charge in [0.1, 0.15) is 18.1 Å². The highest BCUT2D eigenvalue weighted by Crippen LogP contribution is 2.29. The van der Waals surface area contributed by atoms with E-state index in [0.717, 1.165) is 17.4 Å². The maximum atomic E-state index is 10.9. The Morgan fingerprint density at radius 2 is 2.29 bits per heavy atom. The lowest BCUT2D eigenvalue weighted by atomic mass is 9.97. The molecule has 0 bridgehead atoms. The van der Waals surface area contributed by atoms with E-state index in [1.165, 1.54) is 0 Å². The molecular formula is C11H11NO2. The van der Waals surface area contributed by atoms with Crippen LogP contribution in [0.2, 0.25) is 0 Å². The van der Waals surface area contributed by atoms with E-state index in [2.05, 4.69) is 0 Å². The van der Waals surface area contributed by atoms with Crippen LogP contribution in [0, 0.1) is 0 Å². The summed E-state index contributed by atoms with van der Waals surface area (Å²) >= 11 is 0. The first-order chi connectivity index (χ1) is 6.72. The molecule has 3 nitrogen and oxygen atoms in total. The quantitative estimate of drug-likeness (QED) is 0.681. The molecule has 3 heteroatoms. The van der Waals surface area contributed by atoms with Crippen molar-refractivity contribution in [3.8, 4) is 5.75 Å². The van der Waals surface area contributed by atoms with Crippen LogP contribution in [0.3, 0.4) is 0 Å². The maximum Gasteiger partial charge on any atom is 0.146 e. The second-order valence-corrected chi connectivity index (χ2v) is 3.38. The van der Waals surface area contributed by atoms with Gasteiger partial charge in [-0.1, -0.05) is 6.07 Å². The molecule has 0 fully saturated rings. The molecule has 1 aromatic rings. The Kier molecular flexibility index (Phi) is 2.00. The second kappa shape index (κ2) is 3.18. The lowest BCUT2D eigenvalue weighted by Gasteiger charge is -2.27. The average Bonchev–Trinajstić information content (AvgIpc) is 2.18. The number of phenolic OH excluding ortho intramolecular Hbond substituents is 1. The fourth-order valence-electron chi connectivity index (χ4n) is 1.66. The van der Waals surface area contributed by atoms with Crippen LogP contribution in [-0.2, 0) is 4.79 Å². The molecule has 0 amide bonds. The minimum atomic E-state index is -0.240. The van der Waals surface area contributed by atoms with Gasteiger partial charge in [-0.3, -0.25) is 0 Å². The molecule has 1 aliphatic heterocycles. The molecule has 0 radical (unpaired) electrons. The number of rotatable bonds is 1. The number of nitrogens with zero attached hydrogens (tertiary/aromatic N) is 1. The van der Waals surface area contributed by atoms with Gasteiger partial charge < -0.3 is 14.8 Å². The van der Waals surface area contributed by atoms with E-state index in [1.807, 2.05) is 24.2 Å². The predicted octanol–water partition coefficient (Wildman–Crippen LogP) is 1.55. The van der Waals surface area contributed by atoms with Crippen molar-refractivity contribution in [2.75, 3.05) is 7.05 Å². The Hall–Kier alpha value is -1.77. The number of aromatic hydroxyl groups is 1. The zero-order valence-electron chi connectivity index (χ0n) is 7.84. The monoisotopic (exact) mass is 189 g/mol. The van der Waals surface area contributed by atoms with Gasteiger partial charge in [-0.2, -0.15) is 0 Å². The molecule has 1 heterocycles. The summed E-state index contributed by atoms with van der Waals surface area (Å²) in [5, 5.41) is 9.28. The summed E-state index contributed by atoms with van der Waals surface area (Å²) in [6.07, 6.45) is 4.62. The van der Waals surface area contributed by atoms with E-state index in [4.69, 9.17) is 0 Å². The number of hydrogen-bond acceptors (Lipinski definition) is 3. The number of fused-ring (bicyclic) bond motifs is 1. The smallest absolute Gasteiger partial charge is 0.146 e. The van der Waals surface area contributed by atoms with Crippen LogP contribution in [-0.4, -0.2) is 23.3 Å². The van der Waals surface area contributed by atoms with Gasteiger partial charge in [-0.25, -0.2) is 0 Å². The number of carbonyl (C=O) groups excluding carboxylic acids is 1. The van der Waals surface area contributed by atoms with Crippen LogP contribution in [0.5, 0.6) is 5.75 Å². The van der Waals surface area contributed by atoms with Crippen LogP contribution in [0.15, 0.2) is 24.4 Å². The van der Waals surface area contributed by atoms with E-state index in [1.54, 1.807) is 18.2 Å². The SMILES string of the molecule is CN1C=Cc2cc(O)ccc2C1C=O. The van der Waals surface area contributed by atoms with Crippen LogP contribution in [0.1, 0.15) is 17.2 Å². The van der Waals surface area contributed by atoms with Crippen molar-refractivity contribution in [1.29, 1.82) is 0 Å². The number of hydrogen-bond donors (Lipinski definition) is 1. The molecule has 1 N–H and O–H groups in total. The van der Waals surface area contributed by atoms with E-state index in [0.29, 0.717) is 0 Å². The summed E-state index contributed by atoms with van der Waals surface area (Å²) in [4.78, 5) is 12.7. The lowest BCUT2D eigenvalue weighted by molar-refractivity contribution is -0.111. The summed E-state index contributed by atoms with van der Waals surface area (Å²) in [6, 6.07) is 4.80. The van der Waals surface area contributed by atoms with Crippen LogP contribution < -0.4 is 0 Å². The summed E-state index contributed by atoms with van der Waals surface area (Å²) in [5.74, 6) is 0.225. The van der Waals surface area contributed by atoms with Crippen molar-refractivity contribution in [3.63, 3.8) is 0 Å². The minimum absolute atomic E-state index is 0.225. The number of phenols is 1. The molecule has 1 aromatic carbocycles. The largest absolute Gasteiger partial charge is 0.508 e. The third kappa shape index (κ3) is 1.27. The zero-order chi connectivity index (χ0) is 10.1. The van der Waals surface area contributed by atoms with Crippen molar-refractivity contribution in [2.45, 2.75) is 6.04 Å². The Morgan fingerprint density at radius 1 is 1.50 bits per heavy atom. The molecule has 1 atom stereocenters. The van der Waals surface area contributed by atoms with Crippen molar-refractivity contribution < 1.29 is 9.90 Å². The van der Waals surface area contributed by atoms with Gasteiger partial charge in [0.2, 0.25) is 0 Å². The summed E-state index contributed by atoms with van der Waals surface area (Å²) in [5.41, 5.74) is 1.84. The van der Waals surface area contributed by atoms with Crippen LogP contribution >= 0.6 is 0 Å².